The fraction of sp³-hybridized carbons (Fsp3) is 0.538. The lowest BCUT2D eigenvalue weighted by atomic mass is 10.4. The van der Waals surface area contributed by atoms with E-state index in [2.05, 4.69) is 32.4 Å². The van der Waals surface area contributed by atoms with Crippen molar-refractivity contribution in [3.8, 4) is 0 Å². The Morgan fingerprint density at radius 2 is 2.25 bits per heavy atom. The van der Waals surface area contributed by atoms with Gasteiger partial charge in [-0.25, -0.2) is 9.97 Å². The van der Waals surface area contributed by atoms with Gasteiger partial charge in [0.05, 0.1) is 0 Å². The summed E-state index contributed by atoms with van der Waals surface area (Å²) in [4.78, 5) is 9.26. The number of anilines is 1. The maximum absolute atomic E-state index is 4.65. The molecule has 0 saturated heterocycles. The van der Waals surface area contributed by atoms with Gasteiger partial charge in [-0.3, -0.25) is 0 Å². The van der Waals surface area contributed by atoms with Gasteiger partial charge in [-0.1, -0.05) is 6.92 Å². The largest absolute Gasteiger partial charge is 0.370 e. The van der Waals surface area contributed by atoms with Crippen LogP contribution in [-0.4, -0.2) is 31.3 Å². The maximum atomic E-state index is 4.65. The summed E-state index contributed by atoms with van der Waals surface area (Å²) in [6, 6.07) is 1.99. The molecular formula is C13H18N6S. The average molecular weight is 290 g/mol. The van der Waals surface area contributed by atoms with E-state index in [9.17, 15) is 0 Å². The molecule has 1 N–H and O–H groups in total. The molecule has 1 fully saturated rings. The summed E-state index contributed by atoms with van der Waals surface area (Å²) in [6.45, 7) is 3.07. The lowest BCUT2D eigenvalue weighted by molar-refractivity contribution is 0.784. The van der Waals surface area contributed by atoms with Gasteiger partial charge in [0.15, 0.2) is 5.16 Å². The second kappa shape index (κ2) is 5.78. The Morgan fingerprint density at radius 1 is 1.40 bits per heavy atom. The summed E-state index contributed by atoms with van der Waals surface area (Å²) in [6.07, 6.45) is 5.17. The van der Waals surface area contributed by atoms with Crippen LogP contribution in [0.1, 0.15) is 37.9 Å². The molecule has 2 aromatic heterocycles. The second-order valence-electron chi connectivity index (χ2n) is 4.98. The lowest BCUT2D eigenvalue weighted by Crippen LogP contribution is -2.05. The molecule has 0 unspecified atom stereocenters. The summed E-state index contributed by atoms with van der Waals surface area (Å²) in [5, 5.41) is 13.1. The molecule has 6 nitrogen and oxygen atoms in total. The van der Waals surface area contributed by atoms with Crippen LogP contribution in [0.5, 0.6) is 0 Å². The molecule has 20 heavy (non-hydrogen) atoms. The van der Waals surface area contributed by atoms with Crippen LogP contribution in [0.25, 0.3) is 0 Å². The van der Waals surface area contributed by atoms with Gasteiger partial charge in [0.1, 0.15) is 23.0 Å². The molecule has 0 spiro atoms. The highest BCUT2D eigenvalue weighted by molar-refractivity contribution is 7.99. The van der Waals surface area contributed by atoms with E-state index < -0.39 is 0 Å². The number of nitrogens with zero attached hydrogens (tertiary/aromatic N) is 5. The van der Waals surface area contributed by atoms with Crippen LogP contribution in [-0.2, 0) is 7.05 Å². The predicted octanol–water partition coefficient (Wildman–Crippen LogP) is 2.46. The van der Waals surface area contributed by atoms with E-state index >= 15 is 0 Å². The topological polar surface area (TPSA) is 68.5 Å². The van der Waals surface area contributed by atoms with Gasteiger partial charge < -0.3 is 9.88 Å². The Kier molecular flexibility index (Phi) is 3.86. The van der Waals surface area contributed by atoms with Gasteiger partial charge in [-0.05, 0) is 31.0 Å². The first-order chi connectivity index (χ1) is 9.76. The van der Waals surface area contributed by atoms with E-state index in [1.807, 2.05) is 17.7 Å². The van der Waals surface area contributed by atoms with Crippen LogP contribution in [0.15, 0.2) is 22.6 Å². The molecule has 2 aromatic rings. The van der Waals surface area contributed by atoms with Crippen LogP contribution < -0.4 is 5.32 Å². The third-order valence-electron chi connectivity index (χ3n) is 3.08. The highest BCUT2D eigenvalue weighted by Gasteiger charge is 2.27. The van der Waals surface area contributed by atoms with Crippen molar-refractivity contribution in [3.63, 3.8) is 0 Å². The summed E-state index contributed by atoms with van der Waals surface area (Å²) >= 11 is 1.53. The molecule has 1 aliphatic rings. The van der Waals surface area contributed by atoms with Gasteiger partial charge in [-0.2, -0.15) is 0 Å². The Hall–Kier alpha value is -1.63. The van der Waals surface area contributed by atoms with Crippen molar-refractivity contribution in [1.82, 2.24) is 24.7 Å². The Labute approximate surface area is 122 Å². The van der Waals surface area contributed by atoms with Gasteiger partial charge in [-0.15, -0.1) is 10.2 Å². The van der Waals surface area contributed by atoms with E-state index in [0.717, 1.165) is 34.8 Å². The molecule has 0 amide bonds. The first kappa shape index (κ1) is 13.4. The van der Waals surface area contributed by atoms with Crippen molar-refractivity contribution in [3.05, 3.63) is 18.2 Å². The summed E-state index contributed by atoms with van der Waals surface area (Å²) in [7, 11) is 1.93. The number of aromatic nitrogens is 5. The lowest BCUT2D eigenvalue weighted by Gasteiger charge is -2.08. The Balaban J connectivity index is 1.84. The molecule has 106 valence electrons. The average Bonchev–Trinajstić information content (AvgIpc) is 3.22. The van der Waals surface area contributed by atoms with Crippen LogP contribution >= 0.6 is 11.8 Å². The van der Waals surface area contributed by atoms with Gasteiger partial charge in [0.25, 0.3) is 0 Å². The van der Waals surface area contributed by atoms with Crippen LogP contribution in [0, 0.1) is 0 Å². The molecule has 2 heterocycles. The van der Waals surface area contributed by atoms with E-state index in [-0.39, 0.29) is 0 Å². The first-order valence-corrected chi connectivity index (χ1v) is 7.72. The monoisotopic (exact) mass is 290 g/mol. The molecule has 0 radical (unpaired) electrons. The smallest absolute Gasteiger partial charge is 0.197 e. The van der Waals surface area contributed by atoms with Crippen molar-refractivity contribution in [2.45, 2.75) is 42.3 Å². The zero-order valence-corrected chi connectivity index (χ0v) is 12.5. The minimum absolute atomic E-state index is 0.539. The number of hydrogen-bond acceptors (Lipinski definition) is 6. The van der Waals surface area contributed by atoms with E-state index in [0.29, 0.717) is 5.92 Å². The fourth-order valence-corrected chi connectivity index (χ4v) is 2.60. The minimum atomic E-state index is 0.539. The molecule has 7 heteroatoms. The fourth-order valence-electron chi connectivity index (χ4n) is 1.82. The number of rotatable bonds is 6. The molecule has 3 rings (SSSR count). The van der Waals surface area contributed by atoms with Gasteiger partial charge in [0, 0.05) is 25.6 Å². The molecule has 0 aliphatic heterocycles. The van der Waals surface area contributed by atoms with Crippen LogP contribution in [0.4, 0.5) is 5.82 Å². The zero-order valence-electron chi connectivity index (χ0n) is 11.7. The Bertz CT molecular complexity index is 592. The van der Waals surface area contributed by atoms with Gasteiger partial charge >= 0.3 is 0 Å². The van der Waals surface area contributed by atoms with Gasteiger partial charge in [0.2, 0.25) is 0 Å². The SMILES string of the molecule is CCCNc1cc(Sc2nncn2C)nc(C2CC2)n1. The van der Waals surface area contributed by atoms with E-state index in [1.54, 1.807) is 6.33 Å². The molecular weight excluding hydrogens is 272 g/mol. The molecule has 1 aliphatic carbocycles. The highest BCUT2D eigenvalue weighted by atomic mass is 32.2. The highest BCUT2D eigenvalue weighted by Crippen LogP contribution is 2.39. The number of hydrogen-bond donors (Lipinski definition) is 1. The Morgan fingerprint density at radius 3 is 2.90 bits per heavy atom. The normalized spacial score (nSPS) is 14.5. The van der Waals surface area contributed by atoms with Crippen molar-refractivity contribution in [2.75, 3.05) is 11.9 Å². The van der Waals surface area contributed by atoms with E-state index in [4.69, 9.17) is 0 Å². The molecule has 0 bridgehead atoms. The summed E-state index contributed by atoms with van der Waals surface area (Å²) < 4.78 is 1.89. The zero-order chi connectivity index (χ0) is 13.9. The predicted molar refractivity (Wildman–Crippen MR) is 77.9 cm³/mol. The van der Waals surface area contributed by atoms with Crippen molar-refractivity contribution >= 4 is 17.6 Å². The third-order valence-corrected chi connectivity index (χ3v) is 4.05. The van der Waals surface area contributed by atoms with Crippen molar-refractivity contribution in [1.29, 1.82) is 0 Å². The number of aryl methyl sites for hydroxylation is 1. The second-order valence-corrected chi connectivity index (χ2v) is 5.96. The minimum Gasteiger partial charge on any atom is -0.370 e. The maximum Gasteiger partial charge on any atom is 0.197 e. The van der Waals surface area contributed by atoms with Crippen LogP contribution in [0.3, 0.4) is 0 Å². The first-order valence-electron chi connectivity index (χ1n) is 6.91. The summed E-state index contributed by atoms with van der Waals surface area (Å²) in [5.74, 6) is 2.40. The third kappa shape index (κ3) is 3.09. The molecule has 1 saturated carbocycles. The quantitative estimate of drug-likeness (QED) is 0.824. The van der Waals surface area contributed by atoms with Crippen molar-refractivity contribution < 1.29 is 0 Å². The molecule has 0 atom stereocenters. The summed E-state index contributed by atoms with van der Waals surface area (Å²) in [5.41, 5.74) is 0. The van der Waals surface area contributed by atoms with E-state index in [1.165, 1.54) is 24.6 Å². The standard InChI is InChI=1S/C13H18N6S/c1-3-6-14-10-7-11(17-12(16-10)9-4-5-9)20-13-18-15-8-19(13)2/h7-9H,3-6H2,1-2H3,(H,14,16,17). The molecule has 0 aromatic carbocycles. The van der Waals surface area contributed by atoms with Crippen LogP contribution in [0.2, 0.25) is 0 Å². The van der Waals surface area contributed by atoms with Crippen molar-refractivity contribution in [2.24, 2.45) is 7.05 Å². The number of nitrogens with one attached hydrogen (secondary N) is 1.